The number of nitrogens with one attached hydrogen (secondary N) is 2. The number of amides is 2. The summed E-state index contributed by atoms with van der Waals surface area (Å²) >= 11 is 0. The molecule has 11 nitrogen and oxygen atoms in total. The molecule has 3 N–H and O–H groups in total. The van der Waals surface area contributed by atoms with E-state index < -0.39 is 11.9 Å². The summed E-state index contributed by atoms with van der Waals surface area (Å²) < 4.78 is 5.28. The SMILES string of the molecule is COc1cccc2c(=O)[nH]c(CCC(=O)N3CCC(NC(=O)c4ccc(C(=O)O)cn4)C3)nc12. The highest BCUT2D eigenvalue weighted by molar-refractivity contribution is 5.94. The monoisotopic (exact) mass is 465 g/mol. The second-order valence-electron chi connectivity index (χ2n) is 7.91. The molecule has 1 atom stereocenters. The molecule has 4 rings (SSSR count). The molecule has 1 saturated heterocycles. The Bertz CT molecular complexity index is 1300. The normalized spacial score (nSPS) is 15.3. The van der Waals surface area contributed by atoms with Crippen LogP contribution in [-0.2, 0) is 11.2 Å². The van der Waals surface area contributed by atoms with Crippen LogP contribution in [0.5, 0.6) is 5.75 Å². The Balaban J connectivity index is 1.33. The predicted octanol–water partition coefficient (Wildman–Crippen LogP) is 0.988. The van der Waals surface area contributed by atoms with Crippen molar-refractivity contribution in [3.8, 4) is 5.75 Å². The molecule has 34 heavy (non-hydrogen) atoms. The first kappa shape index (κ1) is 22.9. The molecule has 0 radical (unpaired) electrons. The third-order valence-corrected chi connectivity index (χ3v) is 5.66. The lowest BCUT2D eigenvalue weighted by Gasteiger charge is -2.17. The molecule has 3 aromatic rings. The molecule has 3 heterocycles. The summed E-state index contributed by atoms with van der Waals surface area (Å²) in [6, 6.07) is 7.52. The van der Waals surface area contributed by atoms with Gasteiger partial charge in [-0.3, -0.25) is 19.4 Å². The highest BCUT2D eigenvalue weighted by Gasteiger charge is 2.27. The van der Waals surface area contributed by atoms with Crippen molar-refractivity contribution in [1.29, 1.82) is 0 Å². The van der Waals surface area contributed by atoms with E-state index in [0.29, 0.717) is 42.0 Å². The molecule has 1 aromatic carbocycles. The number of H-pyrrole nitrogens is 1. The van der Waals surface area contributed by atoms with Crippen LogP contribution in [-0.4, -0.2) is 69.0 Å². The second kappa shape index (κ2) is 9.69. The first-order chi connectivity index (χ1) is 16.4. The molecule has 0 bridgehead atoms. The van der Waals surface area contributed by atoms with Crippen LogP contribution in [0.3, 0.4) is 0 Å². The number of likely N-dealkylation sites (tertiary alicyclic amines) is 1. The Kier molecular flexibility index (Phi) is 6.53. The van der Waals surface area contributed by atoms with Gasteiger partial charge in [-0.25, -0.2) is 9.78 Å². The summed E-state index contributed by atoms with van der Waals surface area (Å²) in [7, 11) is 1.50. The maximum Gasteiger partial charge on any atom is 0.337 e. The summed E-state index contributed by atoms with van der Waals surface area (Å²) in [6.45, 7) is 0.845. The lowest BCUT2D eigenvalue weighted by Crippen LogP contribution is -2.38. The molecule has 2 amide bonds. The number of rotatable bonds is 7. The summed E-state index contributed by atoms with van der Waals surface area (Å²) in [5.74, 6) is -0.769. The van der Waals surface area contributed by atoms with Crippen molar-refractivity contribution in [2.24, 2.45) is 0 Å². The highest BCUT2D eigenvalue weighted by atomic mass is 16.5. The van der Waals surface area contributed by atoms with Crippen molar-refractivity contribution >= 4 is 28.7 Å². The number of aryl methyl sites for hydroxylation is 1. The number of pyridine rings is 1. The zero-order valence-electron chi connectivity index (χ0n) is 18.4. The minimum absolute atomic E-state index is 0.00474. The fourth-order valence-corrected chi connectivity index (χ4v) is 3.87. The summed E-state index contributed by atoms with van der Waals surface area (Å²) in [5.41, 5.74) is 0.261. The Labute approximate surface area is 193 Å². The third kappa shape index (κ3) is 4.87. The molecular formula is C23H23N5O6. The first-order valence-electron chi connectivity index (χ1n) is 10.7. The van der Waals surface area contributed by atoms with Gasteiger partial charge in [0.1, 0.15) is 22.8 Å². The van der Waals surface area contributed by atoms with Gasteiger partial charge in [-0.1, -0.05) is 6.07 Å². The van der Waals surface area contributed by atoms with Crippen LogP contribution in [0.1, 0.15) is 39.5 Å². The molecule has 1 aliphatic heterocycles. The number of aromatic nitrogens is 3. The third-order valence-electron chi connectivity index (χ3n) is 5.66. The number of nitrogens with zero attached hydrogens (tertiary/aromatic N) is 3. The van der Waals surface area contributed by atoms with Crippen molar-refractivity contribution in [2.75, 3.05) is 20.2 Å². The Hall–Kier alpha value is -4.28. The minimum atomic E-state index is -1.12. The summed E-state index contributed by atoms with van der Waals surface area (Å²) in [6.07, 6.45) is 2.13. The van der Waals surface area contributed by atoms with Crippen LogP contribution in [0.25, 0.3) is 10.9 Å². The van der Waals surface area contributed by atoms with Crippen molar-refractivity contribution < 1.29 is 24.2 Å². The van der Waals surface area contributed by atoms with Gasteiger partial charge in [0, 0.05) is 38.2 Å². The van der Waals surface area contributed by atoms with Gasteiger partial charge in [0.15, 0.2) is 0 Å². The van der Waals surface area contributed by atoms with E-state index in [1.54, 1.807) is 23.1 Å². The van der Waals surface area contributed by atoms with Crippen molar-refractivity contribution in [3.63, 3.8) is 0 Å². The number of hydrogen-bond acceptors (Lipinski definition) is 7. The summed E-state index contributed by atoms with van der Waals surface area (Å²) in [5, 5.41) is 12.2. The number of carbonyl (C=O) groups excluding carboxylic acids is 2. The molecular weight excluding hydrogens is 442 g/mol. The number of aromatic carboxylic acids is 1. The standard InChI is InChI=1S/C23H23N5O6/c1-34-17-4-2-3-15-20(17)26-18(27-21(15)30)7-8-19(29)28-10-9-14(12-28)25-22(31)16-6-5-13(11-24-16)23(32)33/h2-6,11,14H,7-10,12H2,1H3,(H,25,31)(H,32,33)(H,26,27,30). The maximum atomic E-state index is 12.7. The lowest BCUT2D eigenvalue weighted by molar-refractivity contribution is -0.130. The Morgan fingerprint density at radius 3 is 2.79 bits per heavy atom. The second-order valence-corrected chi connectivity index (χ2v) is 7.91. The van der Waals surface area contributed by atoms with Gasteiger partial charge >= 0.3 is 5.97 Å². The topological polar surface area (TPSA) is 155 Å². The van der Waals surface area contributed by atoms with Gasteiger partial charge in [0.05, 0.1) is 18.1 Å². The van der Waals surface area contributed by atoms with Crippen molar-refractivity contribution in [3.05, 3.63) is 64.0 Å². The Morgan fingerprint density at radius 1 is 1.26 bits per heavy atom. The molecule has 1 fully saturated rings. The fourth-order valence-electron chi connectivity index (χ4n) is 3.87. The number of methoxy groups -OCH3 is 1. The van der Waals surface area contributed by atoms with Gasteiger partial charge < -0.3 is 25.0 Å². The van der Waals surface area contributed by atoms with Crippen LogP contribution in [0.15, 0.2) is 41.3 Å². The van der Waals surface area contributed by atoms with Crippen LogP contribution in [0.4, 0.5) is 0 Å². The minimum Gasteiger partial charge on any atom is -0.494 e. The van der Waals surface area contributed by atoms with Crippen LogP contribution >= 0.6 is 0 Å². The quantitative estimate of drug-likeness (QED) is 0.467. The number of aromatic amines is 1. The van der Waals surface area contributed by atoms with E-state index in [0.717, 1.165) is 6.20 Å². The molecule has 1 unspecified atom stereocenters. The molecule has 11 heteroatoms. The van der Waals surface area contributed by atoms with E-state index in [1.807, 2.05) is 0 Å². The van der Waals surface area contributed by atoms with E-state index in [2.05, 4.69) is 20.3 Å². The van der Waals surface area contributed by atoms with Gasteiger partial charge in [-0.2, -0.15) is 0 Å². The number of carbonyl (C=O) groups is 3. The first-order valence-corrected chi connectivity index (χ1v) is 10.7. The average molecular weight is 465 g/mol. The fraction of sp³-hybridized carbons (Fsp3) is 0.304. The van der Waals surface area contributed by atoms with E-state index >= 15 is 0 Å². The maximum absolute atomic E-state index is 12.7. The van der Waals surface area contributed by atoms with Crippen LogP contribution < -0.4 is 15.6 Å². The number of hydrogen-bond donors (Lipinski definition) is 3. The number of benzene rings is 1. The number of para-hydroxylation sites is 1. The van der Waals surface area contributed by atoms with E-state index in [4.69, 9.17) is 9.84 Å². The van der Waals surface area contributed by atoms with Gasteiger partial charge in [-0.15, -0.1) is 0 Å². The number of fused-ring (bicyclic) bond motifs is 1. The lowest BCUT2D eigenvalue weighted by atomic mass is 10.2. The van der Waals surface area contributed by atoms with Crippen LogP contribution in [0, 0.1) is 0 Å². The summed E-state index contributed by atoms with van der Waals surface area (Å²) in [4.78, 5) is 61.1. The van der Waals surface area contributed by atoms with E-state index in [-0.39, 0.29) is 41.6 Å². The largest absolute Gasteiger partial charge is 0.494 e. The smallest absolute Gasteiger partial charge is 0.337 e. The van der Waals surface area contributed by atoms with Gasteiger partial charge in [-0.05, 0) is 30.7 Å². The van der Waals surface area contributed by atoms with Crippen molar-refractivity contribution in [1.82, 2.24) is 25.2 Å². The van der Waals surface area contributed by atoms with Gasteiger partial charge in [0.2, 0.25) is 5.91 Å². The van der Waals surface area contributed by atoms with Crippen LogP contribution in [0.2, 0.25) is 0 Å². The zero-order valence-corrected chi connectivity index (χ0v) is 18.4. The highest BCUT2D eigenvalue weighted by Crippen LogP contribution is 2.21. The molecule has 0 aliphatic carbocycles. The van der Waals surface area contributed by atoms with Gasteiger partial charge in [0.25, 0.3) is 11.5 Å². The molecule has 0 saturated carbocycles. The van der Waals surface area contributed by atoms with E-state index in [9.17, 15) is 19.2 Å². The number of ether oxygens (including phenoxy) is 1. The predicted molar refractivity (Wildman–Crippen MR) is 121 cm³/mol. The Morgan fingerprint density at radius 2 is 2.09 bits per heavy atom. The number of carboxylic acid groups (broad SMARTS) is 1. The van der Waals surface area contributed by atoms with E-state index in [1.165, 1.54) is 19.2 Å². The zero-order chi connectivity index (χ0) is 24.2. The number of carboxylic acids is 1. The average Bonchev–Trinajstić information content (AvgIpc) is 3.30. The molecule has 176 valence electrons. The molecule has 1 aliphatic rings. The van der Waals surface area contributed by atoms with Crippen molar-refractivity contribution in [2.45, 2.75) is 25.3 Å². The molecule has 2 aromatic heterocycles. The molecule has 0 spiro atoms.